The van der Waals surface area contributed by atoms with E-state index in [1.165, 1.54) is 12.1 Å². The lowest BCUT2D eigenvalue weighted by Gasteiger charge is -2.12. The molecule has 0 amide bonds. The lowest BCUT2D eigenvalue weighted by Crippen LogP contribution is -1.94. The maximum absolute atomic E-state index is 10.7. The van der Waals surface area contributed by atoms with E-state index >= 15 is 0 Å². The number of nitro groups is 1. The topological polar surface area (TPSA) is 72.6 Å². The zero-order valence-corrected chi connectivity index (χ0v) is 13.1. The van der Waals surface area contributed by atoms with Crippen molar-refractivity contribution in [2.24, 2.45) is 0 Å². The van der Waals surface area contributed by atoms with Crippen molar-refractivity contribution in [1.29, 1.82) is 0 Å². The molecule has 0 aromatic heterocycles. The molecule has 0 heterocycles. The molecular weight excluding hydrogens is 338 g/mol. The van der Waals surface area contributed by atoms with Crippen LogP contribution in [0.15, 0.2) is 40.9 Å². The Bertz CT molecular complexity index is 685. The number of hydrogen-bond acceptors (Lipinski definition) is 4. The van der Waals surface area contributed by atoms with Crippen molar-refractivity contribution in [1.82, 2.24) is 0 Å². The second-order valence-electron chi connectivity index (χ2n) is 4.67. The number of nitro benzene ring substituents is 1. The average Bonchev–Trinajstić information content (AvgIpc) is 2.42. The molecule has 0 aliphatic rings. The smallest absolute Gasteiger partial charge is 0.269 e. The Morgan fingerprint density at radius 1 is 1.24 bits per heavy atom. The first-order valence-corrected chi connectivity index (χ1v) is 7.08. The van der Waals surface area contributed by atoms with E-state index in [1.54, 1.807) is 38.1 Å². The van der Waals surface area contributed by atoms with Gasteiger partial charge in [0.15, 0.2) is 0 Å². The number of aliphatic hydroxyl groups excluding tert-OH is 1. The zero-order chi connectivity index (χ0) is 15.6. The summed E-state index contributed by atoms with van der Waals surface area (Å²) in [5, 5.41) is 20.2. The summed E-state index contributed by atoms with van der Waals surface area (Å²) >= 11 is 3.39. The molecule has 6 heteroatoms. The van der Waals surface area contributed by atoms with Gasteiger partial charge < -0.3 is 9.84 Å². The highest BCUT2D eigenvalue weighted by Gasteiger charge is 2.12. The number of non-ortho nitro benzene ring substituents is 1. The van der Waals surface area contributed by atoms with E-state index in [1.807, 2.05) is 0 Å². The van der Waals surface area contributed by atoms with Gasteiger partial charge in [0.05, 0.1) is 15.5 Å². The van der Waals surface area contributed by atoms with Gasteiger partial charge in [0.25, 0.3) is 5.69 Å². The molecule has 2 rings (SSSR count). The maximum Gasteiger partial charge on any atom is 0.269 e. The van der Waals surface area contributed by atoms with E-state index in [4.69, 9.17) is 4.74 Å². The number of benzene rings is 2. The van der Waals surface area contributed by atoms with Crippen molar-refractivity contribution in [2.45, 2.75) is 20.0 Å². The van der Waals surface area contributed by atoms with Crippen LogP contribution in [0.25, 0.3) is 0 Å². The molecule has 1 atom stereocenters. The van der Waals surface area contributed by atoms with Crippen molar-refractivity contribution >= 4 is 21.6 Å². The van der Waals surface area contributed by atoms with Crippen molar-refractivity contribution in [3.05, 3.63) is 62.1 Å². The predicted molar refractivity (Wildman–Crippen MR) is 82.7 cm³/mol. The molecule has 0 saturated carbocycles. The first-order valence-electron chi connectivity index (χ1n) is 6.29. The fourth-order valence-electron chi connectivity index (χ4n) is 1.84. The normalized spacial score (nSPS) is 12.0. The second-order valence-corrected chi connectivity index (χ2v) is 5.53. The van der Waals surface area contributed by atoms with E-state index in [-0.39, 0.29) is 5.69 Å². The van der Waals surface area contributed by atoms with E-state index in [0.29, 0.717) is 21.5 Å². The number of hydrogen-bond donors (Lipinski definition) is 1. The molecule has 0 saturated heterocycles. The SMILES string of the molecule is Cc1cc([N+](=O)[O-])ccc1Oc1ccc([C@H](C)O)cc1Br. The lowest BCUT2D eigenvalue weighted by molar-refractivity contribution is -0.384. The first-order chi connectivity index (χ1) is 9.88. The fourth-order valence-corrected chi connectivity index (χ4v) is 2.32. The third-order valence-electron chi connectivity index (χ3n) is 3.03. The van der Waals surface area contributed by atoms with E-state index < -0.39 is 11.0 Å². The highest BCUT2D eigenvalue weighted by molar-refractivity contribution is 9.10. The first kappa shape index (κ1) is 15.5. The van der Waals surface area contributed by atoms with Crippen LogP contribution in [0.5, 0.6) is 11.5 Å². The maximum atomic E-state index is 10.7. The summed E-state index contributed by atoms with van der Waals surface area (Å²) in [5.74, 6) is 1.13. The molecule has 21 heavy (non-hydrogen) atoms. The largest absolute Gasteiger partial charge is 0.456 e. The minimum atomic E-state index is -0.559. The minimum absolute atomic E-state index is 0.0309. The Hall–Kier alpha value is -1.92. The van der Waals surface area contributed by atoms with E-state index in [0.717, 1.165) is 5.56 Å². The number of halogens is 1. The van der Waals surface area contributed by atoms with Gasteiger partial charge in [-0.1, -0.05) is 6.07 Å². The van der Waals surface area contributed by atoms with Gasteiger partial charge in [0.1, 0.15) is 11.5 Å². The number of aliphatic hydroxyl groups is 1. The number of ether oxygens (including phenoxy) is 1. The van der Waals surface area contributed by atoms with Gasteiger partial charge in [-0.05, 0) is 59.1 Å². The molecule has 2 aromatic carbocycles. The van der Waals surface area contributed by atoms with Gasteiger partial charge >= 0.3 is 0 Å². The van der Waals surface area contributed by atoms with Crippen LogP contribution in [0.4, 0.5) is 5.69 Å². The molecule has 2 aromatic rings. The average molecular weight is 352 g/mol. The highest BCUT2D eigenvalue weighted by Crippen LogP contribution is 2.34. The molecule has 1 N–H and O–H groups in total. The lowest BCUT2D eigenvalue weighted by atomic mass is 10.1. The summed E-state index contributed by atoms with van der Waals surface area (Å²) in [4.78, 5) is 10.3. The second kappa shape index (κ2) is 6.24. The summed E-state index contributed by atoms with van der Waals surface area (Å²) in [6.45, 7) is 3.43. The zero-order valence-electron chi connectivity index (χ0n) is 11.5. The van der Waals surface area contributed by atoms with Crippen LogP contribution in [0, 0.1) is 17.0 Å². The Labute approximate surface area is 130 Å². The van der Waals surface area contributed by atoms with Crippen LogP contribution in [0.3, 0.4) is 0 Å². The van der Waals surface area contributed by atoms with Crippen LogP contribution in [0.2, 0.25) is 0 Å². The molecule has 0 spiro atoms. The van der Waals surface area contributed by atoms with Gasteiger partial charge in [0.2, 0.25) is 0 Å². The highest BCUT2D eigenvalue weighted by atomic mass is 79.9. The van der Waals surface area contributed by atoms with Crippen molar-refractivity contribution in [3.63, 3.8) is 0 Å². The summed E-state index contributed by atoms with van der Waals surface area (Å²) in [7, 11) is 0. The van der Waals surface area contributed by atoms with Crippen molar-refractivity contribution in [2.75, 3.05) is 0 Å². The van der Waals surface area contributed by atoms with Gasteiger partial charge in [0, 0.05) is 12.1 Å². The van der Waals surface area contributed by atoms with Gasteiger partial charge in [-0.2, -0.15) is 0 Å². The molecule has 0 fully saturated rings. The molecule has 0 unspecified atom stereocenters. The van der Waals surface area contributed by atoms with Gasteiger partial charge in [-0.25, -0.2) is 0 Å². The van der Waals surface area contributed by atoms with E-state index in [9.17, 15) is 15.2 Å². The number of nitrogens with zero attached hydrogens (tertiary/aromatic N) is 1. The molecule has 0 radical (unpaired) electrons. The molecule has 0 aliphatic carbocycles. The standard InChI is InChI=1S/C15H14BrNO4/c1-9-7-12(17(19)20)4-6-14(9)21-15-5-3-11(10(2)18)8-13(15)16/h3-8,10,18H,1-2H3/t10-/m0/s1. The minimum Gasteiger partial charge on any atom is -0.456 e. The Balaban J connectivity index is 2.28. The molecule has 110 valence electrons. The monoisotopic (exact) mass is 351 g/mol. The van der Waals surface area contributed by atoms with E-state index in [2.05, 4.69) is 15.9 Å². The van der Waals surface area contributed by atoms with Crippen LogP contribution < -0.4 is 4.74 Å². The van der Waals surface area contributed by atoms with Gasteiger partial charge in [-0.3, -0.25) is 10.1 Å². The Kier molecular flexibility index (Phi) is 4.59. The fraction of sp³-hybridized carbons (Fsp3) is 0.200. The van der Waals surface area contributed by atoms with Crippen LogP contribution >= 0.6 is 15.9 Å². The van der Waals surface area contributed by atoms with Crippen LogP contribution in [-0.2, 0) is 0 Å². The van der Waals surface area contributed by atoms with Gasteiger partial charge in [-0.15, -0.1) is 0 Å². The van der Waals surface area contributed by atoms with Crippen LogP contribution in [0.1, 0.15) is 24.2 Å². The molecule has 0 aliphatic heterocycles. The molecular formula is C15H14BrNO4. The third-order valence-corrected chi connectivity index (χ3v) is 3.65. The number of rotatable bonds is 4. The van der Waals surface area contributed by atoms with Crippen LogP contribution in [-0.4, -0.2) is 10.0 Å². The third kappa shape index (κ3) is 3.59. The summed E-state index contributed by atoms with van der Waals surface area (Å²) in [5.41, 5.74) is 1.48. The summed E-state index contributed by atoms with van der Waals surface area (Å²) in [6, 6.07) is 9.73. The molecule has 0 bridgehead atoms. The Morgan fingerprint density at radius 3 is 2.43 bits per heavy atom. The quantitative estimate of drug-likeness (QED) is 0.649. The predicted octanol–water partition coefficient (Wildman–Crippen LogP) is 4.51. The summed E-state index contributed by atoms with van der Waals surface area (Å²) < 4.78 is 6.47. The van der Waals surface area contributed by atoms with Crippen molar-refractivity contribution in [3.8, 4) is 11.5 Å². The Morgan fingerprint density at radius 2 is 1.90 bits per heavy atom. The van der Waals surface area contributed by atoms with Crippen molar-refractivity contribution < 1.29 is 14.8 Å². The number of aryl methyl sites for hydroxylation is 1. The molecule has 5 nitrogen and oxygen atoms in total. The summed E-state index contributed by atoms with van der Waals surface area (Å²) in [6.07, 6.45) is -0.559.